The van der Waals surface area contributed by atoms with Gasteiger partial charge in [0.05, 0.1) is 6.10 Å². The lowest BCUT2D eigenvalue weighted by Crippen LogP contribution is -2.21. The summed E-state index contributed by atoms with van der Waals surface area (Å²) in [4.78, 5) is 0. The van der Waals surface area contributed by atoms with E-state index in [0.717, 1.165) is 6.92 Å². The smallest absolute Gasteiger partial charge is 0.268 e. The zero-order valence-electron chi connectivity index (χ0n) is 8.72. The maximum absolute atomic E-state index is 12.9. The van der Waals surface area contributed by atoms with E-state index in [1.165, 1.54) is 18.2 Å². The Morgan fingerprint density at radius 2 is 2.12 bits per heavy atom. The fraction of sp³-hybridized carbons (Fsp3) is 0.455. The molecule has 0 saturated carbocycles. The van der Waals surface area contributed by atoms with Crippen molar-refractivity contribution in [2.24, 2.45) is 0 Å². The lowest BCUT2D eigenvalue weighted by atomic mass is 10.1. The topological polar surface area (TPSA) is 9.23 Å². The maximum atomic E-state index is 12.9. The van der Waals surface area contributed by atoms with Crippen molar-refractivity contribution in [2.45, 2.75) is 19.0 Å². The summed E-state index contributed by atoms with van der Waals surface area (Å²) in [6.07, 6.45) is -0.498. The highest BCUT2D eigenvalue weighted by atomic mass is 127. The van der Waals surface area contributed by atoms with Gasteiger partial charge in [-0.15, -0.1) is 0 Å². The molecule has 0 saturated heterocycles. The molecule has 0 radical (unpaired) electrons. The van der Waals surface area contributed by atoms with E-state index < -0.39 is 18.6 Å². The van der Waals surface area contributed by atoms with Crippen LogP contribution >= 0.6 is 22.6 Å². The van der Waals surface area contributed by atoms with E-state index >= 15 is 0 Å². The molecular formula is C11H12F3IO. The monoisotopic (exact) mass is 344 g/mol. The normalized spacial score (nSPS) is 13.8. The van der Waals surface area contributed by atoms with Gasteiger partial charge in [-0.25, -0.2) is 13.2 Å². The van der Waals surface area contributed by atoms with Crippen LogP contribution in [0.25, 0.3) is 0 Å². The van der Waals surface area contributed by atoms with Gasteiger partial charge in [0.1, 0.15) is 12.4 Å². The number of hydrogen-bond acceptors (Lipinski definition) is 1. The van der Waals surface area contributed by atoms with Gasteiger partial charge in [-0.2, -0.15) is 0 Å². The molecule has 90 valence electrons. The Kier molecular flexibility index (Phi) is 5.04. The van der Waals surface area contributed by atoms with E-state index in [0.29, 0.717) is 9.99 Å². The van der Waals surface area contributed by atoms with Crippen molar-refractivity contribution < 1.29 is 17.9 Å². The molecule has 0 amide bonds. The number of benzene rings is 1. The largest absolute Gasteiger partial charge is 0.366 e. The number of rotatable bonds is 5. The Balaban J connectivity index is 2.68. The van der Waals surface area contributed by atoms with Crippen molar-refractivity contribution >= 4 is 22.6 Å². The maximum Gasteiger partial charge on any atom is 0.268 e. The summed E-state index contributed by atoms with van der Waals surface area (Å²) in [6.45, 7) is 0.139. The molecule has 1 atom stereocenters. The Morgan fingerprint density at radius 3 is 2.62 bits per heavy atom. The zero-order valence-corrected chi connectivity index (χ0v) is 10.9. The van der Waals surface area contributed by atoms with Gasteiger partial charge in [0.25, 0.3) is 5.92 Å². The fourth-order valence-corrected chi connectivity index (χ4v) is 1.95. The van der Waals surface area contributed by atoms with Gasteiger partial charge in [0.15, 0.2) is 0 Å². The first kappa shape index (κ1) is 13.8. The highest BCUT2D eigenvalue weighted by molar-refractivity contribution is 14.1. The third-order valence-electron chi connectivity index (χ3n) is 1.90. The Hall–Kier alpha value is -0.300. The first-order chi connectivity index (χ1) is 7.42. The van der Waals surface area contributed by atoms with Gasteiger partial charge < -0.3 is 4.74 Å². The van der Waals surface area contributed by atoms with E-state index in [9.17, 15) is 13.2 Å². The first-order valence-corrected chi connectivity index (χ1v) is 6.26. The van der Waals surface area contributed by atoms with Crippen LogP contribution < -0.4 is 0 Å². The minimum atomic E-state index is -2.86. The minimum Gasteiger partial charge on any atom is -0.366 e. The second kappa shape index (κ2) is 5.86. The van der Waals surface area contributed by atoms with Crippen molar-refractivity contribution in [3.63, 3.8) is 0 Å². The summed E-state index contributed by atoms with van der Waals surface area (Å²) < 4.78 is 43.7. The average molecular weight is 344 g/mol. The second-order valence-electron chi connectivity index (χ2n) is 3.58. The molecule has 1 aromatic carbocycles. The van der Waals surface area contributed by atoms with Crippen LogP contribution in [0.4, 0.5) is 13.2 Å². The van der Waals surface area contributed by atoms with Gasteiger partial charge in [-0.05, 0) is 17.7 Å². The lowest BCUT2D eigenvalue weighted by Gasteiger charge is -2.18. The van der Waals surface area contributed by atoms with Crippen molar-refractivity contribution in [1.82, 2.24) is 0 Å². The molecule has 1 unspecified atom stereocenters. The standard InChI is InChI=1S/C11H12F3IO/c1-11(13,14)7-16-10(6-15)8-3-2-4-9(12)5-8/h2-5,10H,6-7H2,1H3. The summed E-state index contributed by atoms with van der Waals surface area (Å²) in [5, 5.41) is 0. The van der Waals surface area contributed by atoms with Crippen LogP contribution in [0.2, 0.25) is 0 Å². The molecule has 1 aromatic rings. The van der Waals surface area contributed by atoms with Gasteiger partial charge >= 0.3 is 0 Å². The molecule has 0 spiro atoms. The molecule has 0 aliphatic carbocycles. The SMILES string of the molecule is CC(F)(F)COC(CI)c1cccc(F)c1. The Morgan fingerprint density at radius 1 is 1.44 bits per heavy atom. The summed E-state index contributed by atoms with van der Waals surface area (Å²) in [6, 6.07) is 5.82. The highest BCUT2D eigenvalue weighted by Gasteiger charge is 2.24. The van der Waals surface area contributed by atoms with Crippen molar-refractivity contribution in [3.8, 4) is 0 Å². The first-order valence-electron chi connectivity index (χ1n) is 4.73. The van der Waals surface area contributed by atoms with Crippen LogP contribution in [0, 0.1) is 5.82 Å². The van der Waals surface area contributed by atoms with E-state index in [1.807, 2.05) is 22.6 Å². The predicted molar refractivity (Wildman–Crippen MR) is 64.6 cm³/mol. The fourth-order valence-electron chi connectivity index (χ4n) is 1.18. The number of hydrogen-bond donors (Lipinski definition) is 0. The Bertz CT molecular complexity index is 338. The highest BCUT2D eigenvalue weighted by Crippen LogP contribution is 2.23. The van der Waals surface area contributed by atoms with Gasteiger partial charge in [0.2, 0.25) is 0 Å². The molecule has 0 aliphatic heterocycles. The molecule has 0 N–H and O–H groups in total. The van der Waals surface area contributed by atoms with Crippen LogP contribution in [0.1, 0.15) is 18.6 Å². The van der Waals surface area contributed by atoms with E-state index in [2.05, 4.69) is 0 Å². The average Bonchev–Trinajstić information content (AvgIpc) is 2.17. The van der Waals surface area contributed by atoms with Gasteiger partial charge in [0, 0.05) is 11.4 Å². The van der Waals surface area contributed by atoms with Crippen molar-refractivity contribution in [2.75, 3.05) is 11.0 Å². The van der Waals surface area contributed by atoms with Crippen molar-refractivity contribution in [3.05, 3.63) is 35.6 Å². The summed E-state index contributed by atoms with van der Waals surface area (Å²) in [7, 11) is 0. The summed E-state index contributed by atoms with van der Waals surface area (Å²) in [5.74, 6) is -3.25. The molecule has 5 heteroatoms. The summed E-state index contributed by atoms with van der Waals surface area (Å²) in [5.41, 5.74) is 0.582. The molecule has 0 heterocycles. The van der Waals surface area contributed by atoms with Crippen LogP contribution in [0.3, 0.4) is 0 Å². The molecule has 0 aromatic heterocycles. The summed E-state index contributed by atoms with van der Waals surface area (Å²) >= 11 is 2.02. The third kappa shape index (κ3) is 4.69. The zero-order chi connectivity index (χ0) is 12.2. The third-order valence-corrected chi connectivity index (χ3v) is 2.70. The lowest BCUT2D eigenvalue weighted by molar-refractivity contribution is -0.0825. The number of ether oxygens (including phenoxy) is 1. The van der Waals surface area contributed by atoms with Crippen LogP contribution in [0.5, 0.6) is 0 Å². The van der Waals surface area contributed by atoms with E-state index in [1.54, 1.807) is 6.07 Å². The van der Waals surface area contributed by atoms with Crippen molar-refractivity contribution in [1.29, 1.82) is 0 Å². The second-order valence-corrected chi connectivity index (χ2v) is 4.46. The van der Waals surface area contributed by atoms with Gasteiger partial charge in [-0.3, -0.25) is 0 Å². The number of halogens is 4. The molecule has 1 rings (SSSR count). The Labute approximate surface area is 106 Å². The molecule has 0 aliphatic rings. The molecule has 0 fully saturated rings. The van der Waals surface area contributed by atoms with E-state index in [-0.39, 0.29) is 5.82 Å². The van der Waals surface area contributed by atoms with Crippen LogP contribution in [-0.4, -0.2) is 17.0 Å². The molecular weight excluding hydrogens is 332 g/mol. The van der Waals surface area contributed by atoms with Crippen LogP contribution in [-0.2, 0) is 4.74 Å². The molecule has 1 nitrogen and oxygen atoms in total. The molecule has 16 heavy (non-hydrogen) atoms. The quantitative estimate of drug-likeness (QED) is 0.580. The predicted octanol–water partition coefficient (Wildman–Crippen LogP) is 3.97. The molecule has 0 bridgehead atoms. The van der Waals surface area contributed by atoms with E-state index in [4.69, 9.17) is 4.74 Å². The minimum absolute atomic E-state index is 0.390. The van der Waals surface area contributed by atoms with Crippen LogP contribution in [0.15, 0.2) is 24.3 Å². The van der Waals surface area contributed by atoms with Gasteiger partial charge in [-0.1, -0.05) is 34.7 Å². The number of alkyl halides is 3.